The maximum absolute atomic E-state index is 11.3. The Morgan fingerprint density at radius 3 is 2.68 bits per heavy atom. The van der Waals surface area contributed by atoms with E-state index < -0.39 is 5.97 Å². The molecule has 25 heavy (non-hydrogen) atoms. The normalized spacial score (nSPS) is 10.8. The van der Waals surface area contributed by atoms with Crippen LogP contribution in [0, 0.1) is 6.92 Å². The number of benzene rings is 2. The first-order valence-corrected chi connectivity index (χ1v) is 8.49. The van der Waals surface area contributed by atoms with Crippen LogP contribution in [0.15, 0.2) is 48.5 Å². The molecule has 0 radical (unpaired) electrons. The number of carboxylic acids is 1. The molecule has 0 spiro atoms. The summed E-state index contributed by atoms with van der Waals surface area (Å²) in [5.74, 6) is 0.311. The van der Waals surface area contributed by atoms with Crippen LogP contribution in [0.1, 0.15) is 41.4 Å². The Hall–Kier alpha value is -2.88. The number of nitrogens with zero attached hydrogens (tertiary/aromatic N) is 1. The lowest BCUT2D eigenvalue weighted by molar-refractivity contribution is 0.0695. The van der Waals surface area contributed by atoms with Crippen molar-refractivity contribution < 1.29 is 14.6 Å². The molecule has 128 valence electrons. The third-order valence-electron chi connectivity index (χ3n) is 4.25. The molecule has 1 heterocycles. The lowest BCUT2D eigenvalue weighted by atomic mass is 10.1. The molecule has 3 rings (SSSR count). The number of carboxylic acid groups (broad SMARTS) is 1. The van der Waals surface area contributed by atoms with Crippen LogP contribution in [0.3, 0.4) is 0 Å². The van der Waals surface area contributed by atoms with E-state index in [9.17, 15) is 9.90 Å². The zero-order valence-electron chi connectivity index (χ0n) is 14.5. The molecule has 0 bridgehead atoms. The van der Waals surface area contributed by atoms with Crippen LogP contribution >= 0.6 is 0 Å². The number of hydrogen-bond donors (Lipinski definition) is 1. The summed E-state index contributed by atoms with van der Waals surface area (Å²) in [7, 11) is 0. The Balaban J connectivity index is 2.06. The Morgan fingerprint density at radius 2 is 1.92 bits per heavy atom. The van der Waals surface area contributed by atoms with Crippen molar-refractivity contribution in [1.82, 2.24) is 4.98 Å². The molecule has 2 aromatic carbocycles. The van der Waals surface area contributed by atoms with Gasteiger partial charge in [-0.1, -0.05) is 31.5 Å². The maximum Gasteiger partial charge on any atom is 0.336 e. The van der Waals surface area contributed by atoms with Crippen molar-refractivity contribution in [2.45, 2.75) is 33.1 Å². The van der Waals surface area contributed by atoms with Crippen molar-refractivity contribution in [1.29, 1.82) is 0 Å². The van der Waals surface area contributed by atoms with Crippen LogP contribution in [-0.2, 0) is 6.42 Å². The largest absolute Gasteiger partial charge is 0.478 e. The van der Waals surface area contributed by atoms with E-state index in [2.05, 4.69) is 6.92 Å². The average Bonchev–Trinajstić information content (AvgIpc) is 2.61. The van der Waals surface area contributed by atoms with Gasteiger partial charge in [-0.25, -0.2) is 4.79 Å². The van der Waals surface area contributed by atoms with Crippen LogP contribution in [0.2, 0.25) is 0 Å². The number of para-hydroxylation sites is 1. The highest BCUT2D eigenvalue weighted by Crippen LogP contribution is 2.33. The molecule has 0 unspecified atom stereocenters. The quantitative estimate of drug-likeness (QED) is 0.657. The monoisotopic (exact) mass is 335 g/mol. The molecule has 0 amide bonds. The minimum absolute atomic E-state index is 0.252. The number of pyridine rings is 1. The van der Waals surface area contributed by atoms with Gasteiger partial charge in [0.15, 0.2) is 0 Å². The van der Waals surface area contributed by atoms with Crippen molar-refractivity contribution in [3.8, 4) is 11.5 Å². The minimum atomic E-state index is -0.953. The van der Waals surface area contributed by atoms with Gasteiger partial charge in [-0.05, 0) is 44.0 Å². The predicted molar refractivity (Wildman–Crippen MR) is 98.6 cm³/mol. The molecule has 0 saturated heterocycles. The molecule has 0 aliphatic heterocycles. The van der Waals surface area contributed by atoms with Crippen molar-refractivity contribution >= 4 is 16.9 Å². The number of fused-ring (bicyclic) bond motifs is 1. The molecule has 0 aliphatic carbocycles. The molecule has 4 heteroatoms. The van der Waals surface area contributed by atoms with Crippen molar-refractivity contribution in [3.05, 3.63) is 65.4 Å². The minimum Gasteiger partial charge on any atom is -0.478 e. The van der Waals surface area contributed by atoms with Crippen LogP contribution in [0.4, 0.5) is 0 Å². The van der Waals surface area contributed by atoms with E-state index in [1.54, 1.807) is 25.1 Å². The summed E-state index contributed by atoms with van der Waals surface area (Å²) in [4.78, 5) is 16.1. The van der Waals surface area contributed by atoms with E-state index in [-0.39, 0.29) is 5.56 Å². The zero-order valence-corrected chi connectivity index (χ0v) is 14.5. The second kappa shape index (κ2) is 7.34. The highest BCUT2D eigenvalue weighted by molar-refractivity contribution is 5.90. The fourth-order valence-electron chi connectivity index (χ4n) is 2.84. The highest BCUT2D eigenvalue weighted by Gasteiger charge is 2.13. The summed E-state index contributed by atoms with van der Waals surface area (Å²) in [5.41, 5.74) is 2.74. The Kier molecular flexibility index (Phi) is 4.98. The van der Waals surface area contributed by atoms with E-state index in [0.29, 0.717) is 17.1 Å². The summed E-state index contributed by atoms with van der Waals surface area (Å²) in [6.45, 7) is 3.92. The lowest BCUT2D eigenvalue weighted by Crippen LogP contribution is -2.01. The first-order valence-electron chi connectivity index (χ1n) is 8.49. The SMILES string of the molecule is CCCCc1cc(Oc2cccc(C(=O)O)c2C)c2ccccc2n1. The summed E-state index contributed by atoms with van der Waals surface area (Å²) in [6, 6.07) is 14.9. The van der Waals surface area contributed by atoms with Gasteiger partial charge in [0, 0.05) is 22.7 Å². The summed E-state index contributed by atoms with van der Waals surface area (Å²) in [5, 5.41) is 10.2. The van der Waals surface area contributed by atoms with Crippen molar-refractivity contribution in [2.24, 2.45) is 0 Å². The highest BCUT2D eigenvalue weighted by atomic mass is 16.5. The zero-order chi connectivity index (χ0) is 17.8. The number of unbranched alkanes of at least 4 members (excludes halogenated alkanes) is 1. The first-order chi connectivity index (χ1) is 12.1. The van der Waals surface area contributed by atoms with Gasteiger partial charge in [0.05, 0.1) is 11.1 Å². The summed E-state index contributed by atoms with van der Waals surface area (Å²) in [6.07, 6.45) is 3.06. The van der Waals surface area contributed by atoms with Gasteiger partial charge in [-0.2, -0.15) is 0 Å². The number of ether oxygens (including phenoxy) is 1. The molecule has 0 saturated carbocycles. The van der Waals surface area contributed by atoms with E-state index in [4.69, 9.17) is 9.72 Å². The molecule has 0 aliphatic rings. The summed E-state index contributed by atoms with van der Waals surface area (Å²) >= 11 is 0. The first kappa shape index (κ1) is 17.0. The summed E-state index contributed by atoms with van der Waals surface area (Å²) < 4.78 is 6.13. The van der Waals surface area contributed by atoms with E-state index >= 15 is 0 Å². The van der Waals surface area contributed by atoms with E-state index in [0.717, 1.165) is 35.9 Å². The molecule has 0 fully saturated rings. The second-order valence-electron chi connectivity index (χ2n) is 6.07. The number of aromatic carboxylic acids is 1. The fourth-order valence-corrected chi connectivity index (χ4v) is 2.84. The number of aryl methyl sites for hydroxylation is 1. The van der Waals surface area contributed by atoms with Gasteiger partial charge in [0.25, 0.3) is 0 Å². The molecule has 1 aromatic heterocycles. The van der Waals surface area contributed by atoms with Gasteiger partial charge in [0.2, 0.25) is 0 Å². The Labute approximate surface area is 147 Å². The third-order valence-corrected chi connectivity index (χ3v) is 4.25. The second-order valence-corrected chi connectivity index (χ2v) is 6.07. The molecular formula is C21H21NO3. The molecule has 0 atom stereocenters. The van der Waals surface area contributed by atoms with E-state index in [1.165, 1.54) is 0 Å². The lowest BCUT2D eigenvalue weighted by Gasteiger charge is -2.14. The van der Waals surface area contributed by atoms with E-state index in [1.807, 2.05) is 30.3 Å². The molecule has 4 nitrogen and oxygen atoms in total. The Morgan fingerprint density at radius 1 is 1.12 bits per heavy atom. The van der Waals surface area contributed by atoms with Gasteiger partial charge in [-0.3, -0.25) is 4.98 Å². The van der Waals surface area contributed by atoms with Gasteiger partial charge >= 0.3 is 5.97 Å². The van der Waals surface area contributed by atoms with Crippen LogP contribution in [0.5, 0.6) is 11.5 Å². The van der Waals surface area contributed by atoms with Crippen molar-refractivity contribution in [3.63, 3.8) is 0 Å². The Bertz CT molecular complexity index is 918. The average molecular weight is 335 g/mol. The standard InChI is InChI=1S/C21H21NO3/c1-3-4-8-15-13-20(17-9-5-6-11-18(17)22-15)25-19-12-7-10-16(14(19)2)21(23)24/h5-7,9-13H,3-4,8H2,1-2H3,(H,23,24). The molecule has 1 N–H and O–H groups in total. The predicted octanol–water partition coefficient (Wildman–Crippen LogP) is 5.38. The maximum atomic E-state index is 11.3. The molecule has 3 aromatic rings. The number of aromatic nitrogens is 1. The molecular weight excluding hydrogens is 314 g/mol. The van der Waals surface area contributed by atoms with Gasteiger partial charge in [-0.15, -0.1) is 0 Å². The fraction of sp³-hybridized carbons (Fsp3) is 0.238. The number of rotatable bonds is 6. The third kappa shape index (κ3) is 3.63. The number of hydrogen-bond acceptors (Lipinski definition) is 3. The van der Waals surface area contributed by atoms with Crippen molar-refractivity contribution in [2.75, 3.05) is 0 Å². The number of carbonyl (C=O) groups is 1. The van der Waals surface area contributed by atoms with Crippen LogP contribution in [-0.4, -0.2) is 16.1 Å². The smallest absolute Gasteiger partial charge is 0.336 e. The van der Waals surface area contributed by atoms with Gasteiger partial charge in [0.1, 0.15) is 11.5 Å². The van der Waals surface area contributed by atoms with Gasteiger partial charge < -0.3 is 9.84 Å². The van der Waals surface area contributed by atoms with Crippen LogP contribution < -0.4 is 4.74 Å². The van der Waals surface area contributed by atoms with Crippen LogP contribution in [0.25, 0.3) is 10.9 Å². The topological polar surface area (TPSA) is 59.4 Å².